The Morgan fingerprint density at radius 2 is 2.42 bits per heavy atom. The lowest BCUT2D eigenvalue weighted by atomic mass is 10.1. The van der Waals surface area contributed by atoms with Crippen LogP contribution in [0.15, 0.2) is 23.7 Å². The number of nitrogens with two attached hydrogens (primary N) is 1. The summed E-state index contributed by atoms with van der Waals surface area (Å²) in [6.07, 6.45) is 0.883. The predicted molar refractivity (Wildman–Crippen MR) is 74.9 cm³/mol. The van der Waals surface area contributed by atoms with Gasteiger partial charge in [0, 0.05) is 22.9 Å². The van der Waals surface area contributed by atoms with E-state index in [1.807, 2.05) is 30.6 Å². The molecule has 3 rings (SSSR count). The summed E-state index contributed by atoms with van der Waals surface area (Å²) < 4.78 is 11.3. The van der Waals surface area contributed by atoms with Crippen molar-refractivity contribution in [2.24, 2.45) is 5.73 Å². The van der Waals surface area contributed by atoms with Crippen LogP contribution in [0, 0.1) is 6.92 Å². The van der Waals surface area contributed by atoms with Crippen molar-refractivity contribution in [3.63, 3.8) is 0 Å². The molecule has 0 radical (unpaired) electrons. The van der Waals surface area contributed by atoms with Crippen molar-refractivity contribution in [3.8, 4) is 11.5 Å². The number of ether oxygens (including phenoxy) is 2. The van der Waals surface area contributed by atoms with Crippen molar-refractivity contribution < 1.29 is 9.47 Å². The van der Waals surface area contributed by atoms with Gasteiger partial charge in [-0.15, -0.1) is 11.3 Å². The smallest absolute Gasteiger partial charge is 0.127 e. The van der Waals surface area contributed by atoms with Gasteiger partial charge in [0.15, 0.2) is 0 Å². The highest BCUT2D eigenvalue weighted by Gasteiger charge is 2.20. The Balaban J connectivity index is 1.60. The third kappa shape index (κ3) is 2.57. The maximum Gasteiger partial charge on any atom is 0.127 e. The molecule has 2 heterocycles. The molecular weight excluding hydrogens is 260 g/mol. The third-order valence-corrected chi connectivity index (χ3v) is 4.24. The molecule has 1 aliphatic heterocycles. The van der Waals surface area contributed by atoms with E-state index in [2.05, 4.69) is 4.98 Å². The monoisotopic (exact) mass is 276 g/mol. The first-order chi connectivity index (χ1) is 9.24. The number of benzene rings is 1. The third-order valence-electron chi connectivity index (χ3n) is 3.25. The topological polar surface area (TPSA) is 57.4 Å². The molecule has 19 heavy (non-hydrogen) atoms. The molecule has 0 saturated heterocycles. The second-order valence-electron chi connectivity index (χ2n) is 4.58. The molecule has 1 unspecified atom stereocenters. The lowest BCUT2D eigenvalue weighted by Crippen LogP contribution is -2.10. The van der Waals surface area contributed by atoms with Gasteiger partial charge in [-0.3, -0.25) is 0 Å². The average molecular weight is 276 g/mol. The Morgan fingerprint density at radius 3 is 3.21 bits per heavy atom. The minimum Gasteiger partial charge on any atom is -0.493 e. The highest BCUT2D eigenvalue weighted by molar-refractivity contribution is 7.09. The predicted octanol–water partition coefficient (Wildman–Crippen LogP) is 2.47. The largest absolute Gasteiger partial charge is 0.493 e. The Labute approximate surface area is 116 Å². The Bertz CT molecular complexity index is 583. The lowest BCUT2D eigenvalue weighted by molar-refractivity contribution is 0.314. The number of nitrogens with zero attached hydrogens (tertiary/aromatic N) is 1. The Kier molecular flexibility index (Phi) is 3.40. The van der Waals surface area contributed by atoms with Crippen molar-refractivity contribution in [3.05, 3.63) is 39.8 Å². The first kappa shape index (κ1) is 12.4. The van der Waals surface area contributed by atoms with E-state index in [0.29, 0.717) is 13.2 Å². The summed E-state index contributed by atoms with van der Waals surface area (Å²) in [7, 11) is 0. The van der Waals surface area contributed by atoms with Crippen LogP contribution >= 0.6 is 11.3 Å². The van der Waals surface area contributed by atoms with Gasteiger partial charge < -0.3 is 15.2 Å². The standard InChI is InChI=1S/C14H16N2O2S/c1-9-14(19-8-16-9)4-5-17-10-2-3-11-12(15)7-18-13(11)6-10/h2-3,6,8,12H,4-5,7,15H2,1H3. The fourth-order valence-electron chi connectivity index (χ4n) is 2.13. The number of fused-ring (bicyclic) bond motifs is 1. The fourth-order valence-corrected chi connectivity index (χ4v) is 2.90. The van der Waals surface area contributed by atoms with Crippen LogP contribution in [0.25, 0.3) is 0 Å². The first-order valence-electron chi connectivity index (χ1n) is 6.28. The molecule has 0 fully saturated rings. The molecule has 100 valence electrons. The van der Waals surface area contributed by atoms with E-state index in [1.165, 1.54) is 4.88 Å². The lowest BCUT2D eigenvalue weighted by Gasteiger charge is -2.07. The van der Waals surface area contributed by atoms with E-state index in [0.717, 1.165) is 29.2 Å². The van der Waals surface area contributed by atoms with Crippen molar-refractivity contribution >= 4 is 11.3 Å². The molecule has 1 aliphatic rings. The number of aryl methyl sites for hydroxylation is 1. The van der Waals surface area contributed by atoms with Crippen LogP contribution in [0.4, 0.5) is 0 Å². The van der Waals surface area contributed by atoms with Crippen molar-refractivity contribution in [2.45, 2.75) is 19.4 Å². The second kappa shape index (κ2) is 5.19. The average Bonchev–Trinajstić information content (AvgIpc) is 2.97. The maximum atomic E-state index is 5.91. The van der Waals surface area contributed by atoms with Gasteiger partial charge in [-0.2, -0.15) is 0 Å². The normalized spacial score (nSPS) is 17.1. The molecule has 0 amide bonds. The fraction of sp³-hybridized carbons (Fsp3) is 0.357. The molecule has 0 spiro atoms. The van der Waals surface area contributed by atoms with Crippen LogP contribution in [0.3, 0.4) is 0 Å². The minimum absolute atomic E-state index is 0.0103. The van der Waals surface area contributed by atoms with Gasteiger partial charge in [-0.25, -0.2) is 4.98 Å². The molecule has 0 saturated carbocycles. The summed E-state index contributed by atoms with van der Waals surface area (Å²) in [5.74, 6) is 1.67. The second-order valence-corrected chi connectivity index (χ2v) is 5.52. The molecule has 2 N–H and O–H groups in total. The van der Waals surface area contributed by atoms with Crippen molar-refractivity contribution in [1.82, 2.24) is 4.98 Å². The van der Waals surface area contributed by atoms with Crippen LogP contribution in [0.2, 0.25) is 0 Å². The number of rotatable bonds is 4. The van der Waals surface area contributed by atoms with Gasteiger partial charge in [0.2, 0.25) is 0 Å². The van der Waals surface area contributed by atoms with Gasteiger partial charge >= 0.3 is 0 Å². The summed E-state index contributed by atoms with van der Waals surface area (Å²) >= 11 is 1.67. The molecular formula is C14H16N2O2S. The quantitative estimate of drug-likeness (QED) is 0.932. The van der Waals surface area contributed by atoms with E-state index < -0.39 is 0 Å². The molecule has 2 aromatic rings. The Hall–Kier alpha value is -1.59. The zero-order valence-corrected chi connectivity index (χ0v) is 11.6. The van der Waals surface area contributed by atoms with E-state index in [9.17, 15) is 0 Å². The summed E-state index contributed by atoms with van der Waals surface area (Å²) in [5, 5.41) is 0. The summed E-state index contributed by atoms with van der Waals surface area (Å²) in [5.41, 5.74) is 9.93. The highest BCUT2D eigenvalue weighted by Crippen LogP contribution is 2.33. The zero-order chi connectivity index (χ0) is 13.2. The van der Waals surface area contributed by atoms with Gasteiger partial charge in [0.25, 0.3) is 0 Å². The first-order valence-corrected chi connectivity index (χ1v) is 7.16. The summed E-state index contributed by atoms with van der Waals surface area (Å²) in [6, 6.07) is 5.85. The molecule has 4 nitrogen and oxygen atoms in total. The van der Waals surface area contributed by atoms with Crippen molar-refractivity contribution in [2.75, 3.05) is 13.2 Å². The van der Waals surface area contributed by atoms with Crippen LogP contribution in [0.5, 0.6) is 11.5 Å². The van der Waals surface area contributed by atoms with Crippen LogP contribution in [-0.2, 0) is 6.42 Å². The van der Waals surface area contributed by atoms with Gasteiger partial charge in [-0.1, -0.05) is 0 Å². The van der Waals surface area contributed by atoms with Crippen LogP contribution in [-0.4, -0.2) is 18.2 Å². The van der Waals surface area contributed by atoms with Crippen LogP contribution < -0.4 is 15.2 Å². The summed E-state index contributed by atoms with van der Waals surface area (Å²) in [4.78, 5) is 5.50. The SMILES string of the molecule is Cc1ncsc1CCOc1ccc2c(c1)OCC2N. The zero-order valence-electron chi connectivity index (χ0n) is 10.8. The molecule has 5 heteroatoms. The highest BCUT2D eigenvalue weighted by atomic mass is 32.1. The maximum absolute atomic E-state index is 5.91. The number of hydrogen-bond acceptors (Lipinski definition) is 5. The van der Waals surface area contributed by atoms with Crippen LogP contribution in [0.1, 0.15) is 22.2 Å². The molecule has 1 aromatic carbocycles. The van der Waals surface area contributed by atoms with Gasteiger partial charge in [0.1, 0.15) is 18.1 Å². The summed E-state index contributed by atoms with van der Waals surface area (Å²) in [6.45, 7) is 3.23. The van der Waals surface area contributed by atoms with Gasteiger partial charge in [-0.05, 0) is 19.1 Å². The van der Waals surface area contributed by atoms with Crippen molar-refractivity contribution in [1.29, 1.82) is 0 Å². The minimum atomic E-state index is -0.0103. The molecule has 0 aliphatic carbocycles. The Morgan fingerprint density at radius 1 is 1.53 bits per heavy atom. The van der Waals surface area contributed by atoms with E-state index >= 15 is 0 Å². The van der Waals surface area contributed by atoms with E-state index in [4.69, 9.17) is 15.2 Å². The number of aromatic nitrogens is 1. The molecule has 0 bridgehead atoms. The number of thiazole rings is 1. The van der Waals surface area contributed by atoms with E-state index in [1.54, 1.807) is 11.3 Å². The van der Waals surface area contributed by atoms with Gasteiger partial charge in [0.05, 0.1) is 23.9 Å². The molecule has 1 atom stereocenters. The number of hydrogen-bond donors (Lipinski definition) is 1. The van der Waals surface area contributed by atoms with E-state index in [-0.39, 0.29) is 6.04 Å². The molecule has 1 aromatic heterocycles.